The van der Waals surface area contributed by atoms with Gasteiger partial charge in [0.05, 0.1) is 0 Å². The number of amides is 1. The molecule has 0 radical (unpaired) electrons. The molecule has 1 atom stereocenters. The van der Waals surface area contributed by atoms with Gasteiger partial charge >= 0.3 is 0 Å². The maximum absolute atomic E-state index is 13.2. The average molecular weight is 292 g/mol. The summed E-state index contributed by atoms with van der Waals surface area (Å²) in [7, 11) is 0. The number of likely N-dealkylation sites (tertiary alicyclic amines) is 1. The molecule has 1 aromatic carbocycles. The first kappa shape index (κ1) is 16.0. The van der Waals surface area contributed by atoms with Gasteiger partial charge in [-0.15, -0.1) is 0 Å². The van der Waals surface area contributed by atoms with Gasteiger partial charge in [0, 0.05) is 32.6 Å². The highest BCUT2D eigenvalue weighted by molar-refractivity contribution is 5.76. The lowest BCUT2D eigenvalue weighted by Gasteiger charge is -2.31. The molecule has 0 spiro atoms. The number of hydrogen-bond acceptors (Lipinski definition) is 2. The minimum Gasteiger partial charge on any atom is -0.342 e. The second-order valence-electron chi connectivity index (χ2n) is 6.08. The summed E-state index contributed by atoms with van der Waals surface area (Å²) in [5.74, 6) is 0.631. The number of benzene rings is 1. The molecule has 0 aliphatic carbocycles. The molecule has 1 saturated heterocycles. The van der Waals surface area contributed by atoms with Crippen LogP contribution in [0.3, 0.4) is 0 Å². The first-order valence-corrected chi connectivity index (χ1v) is 7.80. The highest BCUT2D eigenvalue weighted by Crippen LogP contribution is 2.16. The van der Waals surface area contributed by atoms with Crippen LogP contribution in [0.2, 0.25) is 0 Å². The van der Waals surface area contributed by atoms with Crippen molar-refractivity contribution in [2.24, 2.45) is 5.92 Å². The first-order chi connectivity index (χ1) is 10.1. The van der Waals surface area contributed by atoms with Crippen molar-refractivity contribution in [2.75, 3.05) is 19.6 Å². The highest BCUT2D eigenvalue weighted by Gasteiger charge is 2.20. The Morgan fingerprint density at radius 2 is 2.29 bits per heavy atom. The predicted molar refractivity (Wildman–Crippen MR) is 82.4 cm³/mol. The van der Waals surface area contributed by atoms with Crippen molar-refractivity contribution in [3.05, 3.63) is 35.1 Å². The molecule has 1 fully saturated rings. The van der Waals surface area contributed by atoms with Crippen molar-refractivity contribution in [2.45, 2.75) is 39.7 Å². The van der Waals surface area contributed by atoms with E-state index >= 15 is 0 Å². The van der Waals surface area contributed by atoms with Crippen molar-refractivity contribution in [1.29, 1.82) is 0 Å². The van der Waals surface area contributed by atoms with Gasteiger partial charge in [-0.05, 0) is 48.9 Å². The van der Waals surface area contributed by atoms with Gasteiger partial charge < -0.3 is 10.2 Å². The molecule has 1 amide bonds. The molecule has 0 saturated carbocycles. The molecule has 1 aliphatic rings. The van der Waals surface area contributed by atoms with Crippen LogP contribution >= 0.6 is 0 Å². The zero-order valence-corrected chi connectivity index (χ0v) is 13.0. The number of halogens is 1. The molecule has 21 heavy (non-hydrogen) atoms. The fourth-order valence-corrected chi connectivity index (χ4v) is 2.82. The van der Waals surface area contributed by atoms with E-state index in [1.54, 1.807) is 12.1 Å². The molecule has 3 nitrogen and oxygen atoms in total. The molecule has 1 unspecified atom stereocenters. The second-order valence-corrected chi connectivity index (χ2v) is 6.08. The Bertz CT molecular complexity index is 490. The predicted octanol–water partition coefficient (Wildman–Crippen LogP) is 2.87. The van der Waals surface area contributed by atoms with E-state index in [0.717, 1.165) is 30.6 Å². The zero-order valence-electron chi connectivity index (χ0n) is 13.0. The largest absolute Gasteiger partial charge is 0.342 e. The Morgan fingerprint density at radius 1 is 1.48 bits per heavy atom. The summed E-state index contributed by atoms with van der Waals surface area (Å²) in [4.78, 5) is 14.1. The second kappa shape index (κ2) is 7.55. The summed E-state index contributed by atoms with van der Waals surface area (Å²) in [5.41, 5.74) is 2.02. The maximum atomic E-state index is 13.2. The van der Waals surface area contributed by atoms with Gasteiger partial charge in [-0.2, -0.15) is 0 Å². The number of carbonyl (C=O) groups excluding carboxylic acids is 1. The van der Waals surface area contributed by atoms with Gasteiger partial charge in [-0.25, -0.2) is 4.39 Å². The van der Waals surface area contributed by atoms with Crippen LogP contribution in [0.15, 0.2) is 18.2 Å². The smallest absolute Gasteiger partial charge is 0.223 e. The lowest BCUT2D eigenvalue weighted by atomic mass is 10.00. The summed E-state index contributed by atoms with van der Waals surface area (Å²) in [6, 6.07) is 4.81. The topological polar surface area (TPSA) is 32.3 Å². The first-order valence-electron chi connectivity index (χ1n) is 7.80. The monoisotopic (exact) mass is 292 g/mol. The number of piperidine rings is 1. The molecular weight excluding hydrogens is 267 g/mol. The number of nitrogens with zero attached hydrogens (tertiary/aromatic N) is 1. The Balaban J connectivity index is 1.71. The summed E-state index contributed by atoms with van der Waals surface area (Å²) in [6.45, 7) is 7.20. The van der Waals surface area contributed by atoms with E-state index < -0.39 is 0 Å². The van der Waals surface area contributed by atoms with Crippen LogP contribution in [0.4, 0.5) is 4.39 Å². The van der Waals surface area contributed by atoms with Crippen molar-refractivity contribution in [3.8, 4) is 0 Å². The fourth-order valence-electron chi connectivity index (χ4n) is 2.82. The lowest BCUT2D eigenvalue weighted by Crippen LogP contribution is -2.40. The summed E-state index contributed by atoms with van der Waals surface area (Å²) in [5, 5.41) is 3.24. The summed E-state index contributed by atoms with van der Waals surface area (Å²) in [6.07, 6.45) is 2.85. The van der Waals surface area contributed by atoms with Crippen LogP contribution in [0.1, 0.15) is 37.3 Å². The number of nitrogens with one attached hydrogen (secondary N) is 1. The fraction of sp³-hybridized carbons (Fsp3) is 0.588. The number of aryl methyl sites for hydroxylation is 1. The average Bonchev–Trinajstić information content (AvgIpc) is 2.46. The Hall–Kier alpha value is -1.42. The van der Waals surface area contributed by atoms with Crippen LogP contribution in [-0.4, -0.2) is 30.4 Å². The third kappa shape index (κ3) is 4.81. The third-order valence-electron chi connectivity index (χ3n) is 4.15. The molecule has 0 bridgehead atoms. The molecular formula is C17H25FN2O. The van der Waals surface area contributed by atoms with E-state index in [4.69, 9.17) is 0 Å². The van der Waals surface area contributed by atoms with Gasteiger partial charge in [0.1, 0.15) is 5.82 Å². The molecule has 116 valence electrons. The Kier molecular flexibility index (Phi) is 5.74. The van der Waals surface area contributed by atoms with Crippen LogP contribution in [0, 0.1) is 18.7 Å². The number of carbonyl (C=O) groups is 1. The molecule has 2 rings (SSSR count). The van der Waals surface area contributed by atoms with Crippen LogP contribution in [-0.2, 0) is 11.3 Å². The molecule has 0 aromatic heterocycles. The minimum absolute atomic E-state index is 0.212. The maximum Gasteiger partial charge on any atom is 0.223 e. The molecule has 1 heterocycles. The van der Waals surface area contributed by atoms with E-state index in [1.165, 1.54) is 12.5 Å². The van der Waals surface area contributed by atoms with E-state index in [9.17, 15) is 9.18 Å². The minimum atomic E-state index is -0.212. The summed E-state index contributed by atoms with van der Waals surface area (Å²) >= 11 is 0. The van der Waals surface area contributed by atoms with Crippen molar-refractivity contribution in [1.82, 2.24) is 10.2 Å². The van der Waals surface area contributed by atoms with Crippen LogP contribution < -0.4 is 5.32 Å². The van der Waals surface area contributed by atoms with Gasteiger partial charge in [0.15, 0.2) is 0 Å². The Morgan fingerprint density at radius 3 is 3.05 bits per heavy atom. The molecule has 1 aliphatic heterocycles. The van der Waals surface area contributed by atoms with E-state index in [0.29, 0.717) is 25.4 Å². The van der Waals surface area contributed by atoms with Gasteiger partial charge in [0.25, 0.3) is 0 Å². The third-order valence-corrected chi connectivity index (χ3v) is 4.15. The van der Waals surface area contributed by atoms with E-state index in [1.807, 2.05) is 11.8 Å². The molecule has 1 N–H and O–H groups in total. The summed E-state index contributed by atoms with van der Waals surface area (Å²) < 4.78 is 13.2. The van der Waals surface area contributed by atoms with Crippen molar-refractivity contribution >= 4 is 5.91 Å². The van der Waals surface area contributed by atoms with E-state index in [-0.39, 0.29) is 11.7 Å². The van der Waals surface area contributed by atoms with Gasteiger partial charge in [0.2, 0.25) is 5.91 Å². The highest BCUT2D eigenvalue weighted by atomic mass is 19.1. The van der Waals surface area contributed by atoms with Gasteiger partial charge in [-0.3, -0.25) is 4.79 Å². The van der Waals surface area contributed by atoms with Crippen molar-refractivity contribution < 1.29 is 9.18 Å². The molecule has 1 aromatic rings. The SMILES string of the molecule is Cc1ccc(F)cc1CNCCC(=O)N1CCCC(C)C1. The number of rotatable bonds is 5. The number of hydrogen-bond donors (Lipinski definition) is 1. The quantitative estimate of drug-likeness (QED) is 0.846. The van der Waals surface area contributed by atoms with Gasteiger partial charge in [-0.1, -0.05) is 13.0 Å². The molecule has 4 heteroatoms. The lowest BCUT2D eigenvalue weighted by molar-refractivity contribution is -0.132. The van der Waals surface area contributed by atoms with Crippen LogP contribution in [0.5, 0.6) is 0 Å². The van der Waals surface area contributed by atoms with Crippen LogP contribution in [0.25, 0.3) is 0 Å². The van der Waals surface area contributed by atoms with E-state index in [2.05, 4.69) is 12.2 Å². The van der Waals surface area contributed by atoms with Crippen molar-refractivity contribution in [3.63, 3.8) is 0 Å². The zero-order chi connectivity index (χ0) is 15.2. The Labute approximate surface area is 126 Å². The normalized spacial score (nSPS) is 18.8. The standard InChI is InChI=1S/C17H25FN2O/c1-13-4-3-9-20(12-13)17(21)7-8-19-11-15-10-16(18)6-5-14(15)2/h5-6,10,13,19H,3-4,7-9,11-12H2,1-2H3.